The number of rotatable bonds is 12. The Labute approximate surface area is 246 Å². The summed E-state index contributed by atoms with van der Waals surface area (Å²) in [5, 5.41) is 7.76. The third-order valence-electron chi connectivity index (χ3n) is 7.87. The molecular weight excluding hydrogens is 542 g/mol. The number of nitrogens with two attached hydrogens (primary N) is 1. The molecule has 2 aliphatic rings. The Bertz CT molecular complexity index is 1160. The summed E-state index contributed by atoms with van der Waals surface area (Å²) in [6.45, 7) is 6.93. The number of Topliss-reactive ketones (excluding diaryl/α,β-unsaturated/α-hetero) is 1. The van der Waals surface area contributed by atoms with Gasteiger partial charge in [-0.15, -0.1) is 0 Å². The molecule has 1 saturated heterocycles. The highest BCUT2D eigenvalue weighted by Gasteiger charge is 2.43. The zero-order valence-corrected chi connectivity index (χ0v) is 24.8. The monoisotopic (exact) mass is 585 g/mol. The van der Waals surface area contributed by atoms with Crippen LogP contribution in [0, 0.1) is 11.3 Å². The average molecular weight is 586 g/mol. The molecule has 5 N–H and O–H groups in total. The number of likely N-dealkylation sites (tertiary alicyclic amines) is 1. The number of ether oxygens (including phenoxy) is 1. The van der Waals surface area contributed by atoms with Crippen LogP contribution in [-0.4, -0.2) is 71.6 Å². The smallest absolute Gasteiger partial charge is 0.326 e. The molecule has 5 amide bonds. The van der Waals surface area contributed by atoms with Gasteiger partial charge in [0.05, 0.1) is 6.04 Å². The van der Waals surface area contributed by atoms with Crippen molar-refractivity contribution in [3.8, 4) is 0 Å². The summed E-state index contributed by atoms with van der Waals surface area (Å²) in [4.78, 5) is 77.5. The minimum atomic E-state index is -1.11. The van der Waals surface area contributed by atoms with Crippen molar-refractivity contribution in [2.75, 3.05) is 13.1 Å². The van der Waals surface area contributed by atoms with Gasteiger partial charge in [-0.3, -0.25) is 24.0 Å². The standard InChI is InChI=1S/C30H43N5O7/c1-18(20-12-6-5-7-13-20)42-23(36)17-32-29(41)34-25(30(2,3)4)28(40)35-15-9-14-22(35)27(39)33-21(24(37)26(31)38)16-19-10-8-11-19/h5-7,12-13,18-19,21-22,25H,8-11,14-17H2,1-4H3,(H2,31,38)(H,33,39)(H2,32,34,41). The van der Waals surface area contributed by atoms with E-state index >= 15 is 0 Å². The van der Waals surface area contributed by atoms with Crippen molar-refractivity contribution in [2.45, 2.75) is 90.4 Å². The second kappa shape index (κ2) is 14.3. The van der Waals surface area contributed by atoms with Gasteiger partial charge in [0.25, 0.3) is 5.91 Å². The normalized spacial score (nSPS) is 19.0. The average Bonchev–Trinajstić information content (AvgIpc) is 3.41. The highest BCUT2D eigenvalue weighted by molar-refractivity contribution is 6.37. The molecule has 4 unspecified atom stereocenters. The Morgan fingerprint density at radius 2 is 1.67 bits per heavy atom. The summed E-state index contributed by atoms with van der Waals surface area (Å²) < 4.78 is 5.37. The zero-order chi connectivity index (χ0) is 31.0. The number of nitrogens with one attached hydrogen (secondary N) is 3. The first-order valence-electron chi connectivity index (χ1n) is 14.5. The number of hydrogen-bond donors (Lipinski definition) is 4. The molecule has 2 fully saturated rings. The first kappa shape index (κ1) is 32.6. The second-order valence-corrected chi connectivity index (χ2v) is 12.2. The lowest BCUT2D eigenvalue weighted by molar-refractivity contribution is -0.147. The zero-order valence-electron chi connectivity index (χ0n) is 24.8. The molecule has 12 nitrogen and oxygen atoms in total. The molecule has 1 aliphatic carbocycles. The van der Waals surface area contributed by atoms with E-state index in [9.17, 15) is 28.8 Å². The summed E-state index contributed by atoms with van der Waals surface area (Å²) in [6, 6.07) is 5.50. The van der Waals surface area contributed by atoms with E-state index in [1.54, 1.807) is 27.7 Å². The largest absolute Gasteiger partial charge is 0.456 e. The Morgan fingerprint density at radius 3 is 2.24 bits per heavy atom. The first-order chi connectivity index (χ1) is 19.8. The Hall–Kier alpha value is -3.96. The van der Waals surface area contributed by atoms with Crippen molar-refractivity contribution in [1.29, 1.82) is 0 Å². The predicted octanol–water partition coefficient (Wildman–Crippen LogP) is 1.73. The van der Waals surface area contributed by atoms with Gasteiger partial charge < -0.3 is 31.3 Å². The fraction of sp³-hybridized carbons (Fsp3) is 0.600. The maximum absolute atomic E-state index is 13.7. The fourth-order valence-electron chi connectivity index (χ4n) is 5.22. The maximum Gasteiger partial charge on any atom is 0.326 e. The summed E-state index contributed by atoms with van der Waals surface area (Å²) >= 11 is 0. The van der Waals surface area contributed by atoms with Gasteiger partial charge in [-0.05, 0) is 43.1 Å². The van der Waals surface area contributed by atoms with Gasteiger partial charge in [0.2, 0.25) is 17.6 Å². The van der Waals surface area contributed by atoms with Crippen LogP contribution in [0.25, 0.3) is 0 Å². The van der Waals surface area contributed by atoms with Crippen molar-refractivity contribution in [3.63, 3.8) is 0 Å². The van der Waals surface area contributed by atoms with E-state index in [4.69, 9.17) is 10.5 Å². The number of ketones is 1. The number of carbonyl (C=O) groups excluding carboxylic acids is 6. The molecule has 0 bridgehead atoms. The molecule has 1 heterocycles. The van der Waals surface area contributed by atoms with Gasteiger partial charge in [0, 0.05) is 6.54 Å². The number of amides is 5. The molecular formula is C30H43N5O7. The van der Waals surface area contributed by atoms with Crippen LogP contribution in [0.3, 0.4) is 0 Å². The molecule has 0 spiro atoms. The van der Waals surface area contributed by atoms with E-state index in [-0.39, 0.29) is 12.5 Å². The summed E-state index contributed by atoms with van der Waals surface area (Å²) in [5.74, 6) is -3.38. The number of primary amides is 1. The van der Waals surface area contributed by atoms with Crippen molar-refractivity contribution in [3.05, 3.63) is 35.9 Å². The van der Waals surface area contributed by atoms with Crippen molar-refractivity contribution in [1.82, 2.24) is 20.9 Å². The van der Waals surface area contributed by atoms with E-state index in [0.717, 1.165) is 24.8 Å². The third-order valence-corrected chi connectivity index (χ3v) is 7.87. The van der Waals surface area contributed by atoms with Gasteiger partial charge in [-0.1, -0.05) is 70.4 Å². The summed E-state index contributed by atoms with van der Waals surface area (Å²) in [7, 11) is 0. The lowest BCUT2D eigenvalue weighted by atomic mass is 9.80. The Kier molecular flexibility index (Phi) is 11.1. The summed E-state index contributed by atoms with van der Waals surface area (Å²) in [6.07, 6.45) is 3.60. The number of esters is 1. The van der Waals surface area contributed by atoms with E-state index < -0.39 is 71.7 Å². The van der Waals surface area contributed by atoms with Crippen LogP contribution in [0.5, 0.6) is 0 Å². The van der Waals surface area contributed by atoms with Crippen LogP contribution in [-0.2, 0) is 28.7 Å². The van der Waals surface area contributed by atoms with E-state index in [1.807, 2.05) is 30.3 Å². The number of urea groups is 1. The van der Waals surface area contributed by atoms with E-state index in [0.29, 0.717) is 19.3 Å². The third kappa shape index (κ3) is 8.77. The van der Waals surface area contributed by atoms with Gasteiger partial charge >= 0.3 is 12.0 Å². The topological polar surface area (TPSA) is 177 Å². The SMILES string of the molecule is CC(OC(=O)CNC(=O)NC(C(=O)N1CCCC1C(=O)NC(CC1CCC1)C(=O)C(N)=O)C(C)(C)C)c1ccccc1. The molecule has 4 atom stereocenters. The number of hydrogen-bond acceptors (Lipinski definition) is 7. The molecule has 230 valence electrons. The lowest BCUT2D eigenvalue weighted by Crippen LogP contribution is -2.60. The van der Waals surface area contributed by atoms with Crippen LogP contribution in [0.1, 0.15) is 77.9 Å². The van der Waals surface area contributed by atoms with Crippen LogP contribution < -0.4 is 21.7 Å². The summed E-state index contributed by atoms with van der Waals surface area (Å²) in [5.41, 5.74) is 5.30. The molecule has 0 aromatic heterocycles. The molecule has 0 radical (unpaired) electrons. The fourth-order valence-corrected chi connectivity index (χ4v) is 5.22. The molecule has 42 heavy (non-hydrogen) atoms. The predicted molar refractivity (Wildman–Crippen MR) is 154 cm³/mol. The van der Waals surface area contributed by atoms with Crippen molar-refractivity contribution >= 4 is 35.5 Å². The maximum atomic E-state index is 13.7. The lowest BCUT2D eigenvalue weighted by Gasteiger charge is -2.36. The molecule has 1 saturated carbocycles. The van der Waals surface area contributed by atoms with Gasteiger partial charge in [0.15, 0.2) is 0 Å². The van der Waals surface area contributed by atoms with Crippen molar-refractivity contribution in [2.24, 2.45) is 17.1 Å². The van der Waals surface area contributed by atoms with Crippen LogP contribution in [0.4, 0.5) is 4.79 Å². The van der Waals surface area contributed by atoms with Gasteiger partial charge in [-0.25, -0.2) is 4.79 Å². The molecule has 1 aliphatic heterocycles. The van der Waals surface area contributed by atoms with Gasteiger partial charge in [-0.2, -0.15) is 0 Å². The van der Waals surface area contributed by atoms with Crippen LogP contribution >= 0.6 is 0 Å². The van der Waals surface area contributed by atoms with E-state index in [2.05, 4.69) is 16.0 Å². The van der Waals surface area contributed by atoms with E-state index in [1.165, 1.54) is 4.90 Å². The van der Waals surface area contributed by atoms with Crippen molar-refractivity contribution < 1.29 is 33.5 Å². The number of benzene rings is 1. The molecule has 3 rings (SSSR count). The minimum Gasteiger partial charge on any atom is -0.456 e. The van der Waals surface area contributed by atoms with Crippen LogP contribution in [0.2, 0.25) is 0 Å². The molecule has 12 heteroatoms. The Balaban J connectivity index is 1.61. The van der Waals surface area contributed by atoms with Gasteiger partial charge in [0.1, 0.15) is 24.7 Å². The molecule has 1 aromatic rings. The highest BCUT2D eigenvalue weighted by atomic mass is 16.5. The van der Waals surface area contributed by atoms with Crippen LogP contribution in [0.15, 0.2) is 30.3 Å². The molecule has 1 aromatic carbocycles. The Morgan fingerprint density at radius 1 is 1.00 bits per heavy atom. The number of carbonyl (C=O) groups is 6. The second-order valence-electron chi connectivity index (χ2n) is 12.2. The quantitative estimate of drug-likeness (QED) is 0.213. The first-order valence-corrected chi connectivity index (χ1v) is 14.5. The highest BCUT2D eigenvalue weighted by Crippen LogP contribution is 2.31. The number of nitrogens with zero attached hydrogens (tertiary/aromatic N) is 1. The minimum absolute atomic E-state index is 0.228.